The molecule has 166 valence electrons. The number of likely N-dealkylation sites (N-methyl/N-ethyl adjacent to an activating group) is 1. The van der Waals surface area contributed by atoms with Gasteiger partial charge >= 0.3 is 11.8 Å². The molecular weight excluding hydrogens is 398 g/mol. The Labute approximate surface area is 181 Å². The second kappa shape index (κ2) is 9.40. The average Bonchev–Trinajstić information content (AvgIpc) is 3.20. The van der Waals surface area contributed by atoms with Crippen molar-refractivity contribution in [2.75, 3.05) is 58.3 Å². The number of hydrogen-bond donors (Lipinski definition) is 2. The molecule has 4 rings (SSSR count). The van der Waals surface area contributed by atoms with Crippen molar-refractivity contribution in [3.8, 4) is 11.5 Å². The Hall–Kier alpha value is -3.04. The maximum absolute atomic E-state index is 12.5. The summed E-state index contributed by atoms with van der Waals surface area (Å²) in [6.45, 7) is 5.07. The van der Waals surface area contributed by atoms with Crippen LogP contribution < -0.4 is 20.1 Å². The predicted octanol–water partition coefficient (Wildman–Crippen LogP) is 0.840. The Morgan fingerprint density at radius 2 is 1.74 bits per heavy atom. The number of nitrogens with zero attached hydrogens (tertiary/aromatic N) is 3. The van der Waals surface area contributed by atoms with Crippen LogP contribution in [0.3, 0.4) is 0 Å². The van der Waals surface area contributed by atoms with E-state index in [0.29, 0.717) is 36.9 Å². The first-order valence-electron chi connectivity index (χ1n) is 10.5. The molecular formula is C22H29N5O4. The molecule has 2 aliphatic rings. The number of rotatable bonds is 5. The molecule has 2 N–H and O–H groups in total. The van der Waals surface area contributed by atoms with Crippen LogP contribution in [0.15, 0.2) is 36.5 Å². The molecule has 2 aliphatic heterocycles. The van der Waals surface area contributed by atoms with Crippen molar-refractivity contribution < 1.29 is 19.1 Å². The first kappa shape index (κ1) is 21.2. The number of amides is 2. The lowest BCUT2D eigenvalue weighted by Crippen LogP contribution is -2.49. The fourth-order valence-corrected chi connectivity index (χ4v) is 3.95. The van der Waals surface area contributed by atoms with Crippen molar-refractivity contribution >= 4 is 17.5 Å². The van der Waals surface area contributed by atoms with Gasteiger partial charge < -0.3 is 29.6 Å². The van der Waals surface area contributed by atoms with Gasteiger partial charge in [0.1, 0.15) is 13.2 Å². The highest BCUT2D eigenvalue weighted by molar-refractivity contribution is 6.39. The monoisotopic (exact) mass is 427 g/mol. The molecule has 2 amide bonds. The molecule has 1 unspecified atom stereocenters. The predicted molar refractivity (Wildman–Crippen MR) is 116 cm³/mol. The van der Waals surface area contributed by atoms with Crippen molar-refractivity contribution in [1.82, 2.24) is 19.7 Å². The van der Waals surface area contributed by atoms with E-state index in [1.54, 1.807) is 18.2 Å². The third-order valence-electron chi connectivity index (χ3n) is 5.77. The largest absolute Gasteiger partial charge is 0.486 e. The van der Waals surface area contributed by atoms with Crippen LogP contribution in [-0.2, 0) is 16.6 Å². The number of piperazine rings is 1. The molecule has 0 bridgehead atoms. The molecule has 31 heavy (non-hydrogen) atoms. The molecule has 1 atom stereocenters. The van der Waals surface area contributed by atoms with E-state index in [0.717, 1.165) is 31.9 Å². The highest BCUT2D eigenvalue weighted by Crippen LogP contribution is 2.32. The lowest BCUT2D eigenvalue weighted by molar-refractivity contribution is -0.136. The SMILES string of the molecule is CN1CCN(C(CNC(=O)C(=O)Nc2ccc3c(c2)OCCO3)c2cccn2C)CC1. The summed E-state index contributed by atoms with van der Waals surface area (Å²) < 4.78 is 13.1. The van der Waals surface area contributed by atoms with Gasteiger partial charge in [-0.05, 0) is 31.3 Å². The zero-order valence-corrected chi connectivity index (χ0v) is 18.0. The third-order valence-corrected chi connectivity index (χ3v) is 5.77. The summed E-state index contributed by atoms with van der Waals surface area (Å²) in [5, 5.41) is 5.45. The number of ether oxygens (including phenoxy) is 2. The summed E-state index contributed by atoms with van der Waals surface area (Å²) in [4.78, 5) is 29.6. The highest BCUT2D eigenvalue weighted by Gasteiger charge is 2.27. The van der Waals surface area contributed by atoms with Gasteiger partial charge in [0, 0.05) is 63.4 Å². The first-order chi connectivity index (χ1) is 15.0. The summed E-state index contributed by atoms with van der Waals surface area (Å²) in [5.74, 6) is -0.182. The smallest absolute Gasteiger partial charge is 0.313 e. The summed E-state index contributed by atoms with van der Waals surface area (Å²) >= 11 is 0. The van der Waals surface area contributed by atoms with Gasteiger partial charge in [-0.2, -0.15) is 0 Å². The van der Waals surface area contributed by atoms with Crippen LogP contribution in [0.4, 0.5) is 5.69 Å². The lowest BCUT2D eigenvalue weighted by Gasteiger charge is -2.38. The normalized spacial score (nSPS) is 17.7. The molecule has 2 aromatic rings. The number of nitrogens with one attached hydrogen (secondary N) is 2. The first-order valence-corrected chi connectivity index (χ1v) is 10.5. The van der Waals surface area contributed by atoms with Crippen molar-refractivity contribution in [2.45, 2.75) is 6.04 Å². The molecule has 1 saturated heterocycles. The van der Waals surface area contributed by atoms with Crippen LogP contribution in [0.1, 0.15) is 11.7 Å². The number of aromatic nitrogens is 1. The summed E-state index contributed by atoms with van der Waals surface area (Å²) in [5.41, 5.74) is 1.60. The second-order valence-electron chi connectivity index (χ2n) is 7.92. The van der Waals surface area contributed by atoms with Crippen LogP contribution in [0, 0.1) is 0 Å². The topological polar surface area (TPSA) is 88.1 Å². The van der Waals surface area contributed by atoms with E-state index in [1.807, 2.05) is 19.3 Å². The molecule has 9 heteroatoms. The van der Waals surface area contributed by atoms with Gasteiger partial charge in [0.05, 0.1) is 6.04 Å². The van der Waals surface area contributed by atoms with Crippen LogP contribution in [0.5, 0.6) is 11.5 Å². The minimum absolute atomic E-state index is 0.000238. The molecule has 1 aromatic heterocycles. The molecule has 0 aliphatic carbocycles. The number of fused-ring (bicyclic) bond motifs is 1. The van der Waals surface area contributed by atoms with Gasteiger partial charge in [0.2, 0.25) is 0 Å². The molecule has 0 spiro atoms. The summed E-state index contributed by atoms with van der Waals surface area (Å²) in [7, 11) is 4.10. The highest BCUT2D eigenvalue weighted by atomic mass is 16.6. The number of carbonyl (C=O) groups excluding carboxylic acids is 2. The Bertz CT molecular complexity index is 936. The maximum atomic E-state index is 12.5. The van der Waals surface area contributed by atoms with Crippen molar-refractivity contribution in [2.24, 2.45) is 7.05 Å². The van der Waals surface area contributed by atoms with Gasteiger partial charge in [-0.1, -0.05) is 0 Å². The van der Waals surface area contributed by atoms with E-state index in [-0.39, 0.29) is 6.04 Å². The molecule has 1 fully saturated rings. The van der Waals surface area contributed by atoms with E-state index in [2.05, 4.69) is 38.1 Å². The van der Waals surface area contributed by atoms with E-state index < -0.39 is 11.8 Å². The van der Waals surface area contributed by atoms with Gasteiger partial charge in [-0.3, -0.25) is 14.5 Å². The van der Waals surface area contributed by atoms with Crippen LogP contribution in [-0.4, -0.2) is 79.2 Å². The minimum atomic E-state index is -0.708. The van der Waals surface area contributed by atoms with E-state index in [9.17, 15) is 9.59 Å². The van der Waals surface area contributed by atoms with Crippen molar-refractivity contribution in [3.05, 3.63) is 42.2 Å². The zero-order chi connectivity index (χ0) is 21.8. The van der Waals surface area contributed by atoms with Gasteiger partial charge in [0.15, 0.2) is 11.5 Å². The van der Waals surface area contributed by atoms with Crippen molar-refractivity contribution in [3.63, 3.8) is 0 Å². The Balaban J connectivity index is 1.38. The van der Waals surface area contributed by atoms with Gasteiger partial charge in [-0.25, -0.2) is 0 Å². The standard InChI is InChI=1S/C22H29N5O4/c1-25-8-10-27(11-9-25)18(17-4-3-7-26(17)2)15-23-21(28)22(29)24-16-5-6-19-20(14-16)31-13-12-30-19/h3-7,14,18H,8-13,15H2,1-2H3,(H,23,28)(H,24,29). The Morgan fingerprint density at radius 1 is 1.00 bits per heavy atom. The number of aryl methyl sites for hydroxylation is 1. The number of anilines is 1. The second-order valence-corrected chi connectivity index (χ2v) is 7.92. The molecule has 3 heterocycles. The summed E-state index contributed by atoms with van der Waals surface area (Å²) in [6, 6.07) is 9.13. The zero-order valence-electron chi connectivity index (χ0n) is 18.0. The molecule has 0 saturated carbocycles. The number of hydrogen-bond acceptors (Lipinski definition) is 6. The fourth-order valence-electron chi connectivity index (χ4n) is 3.95. The quantitative estimate of drug-likeness (QED) is 0.688. The third kappa shape index (κ3) is 5.00. The molecule has 0 radical (unpaired) electrons. The maximum Gasteiger partial charge on any atom is 0.313 e. The fraction of sp³-hybridized carbons (Fsp3) is 0.455. The van der Waals surface area contributed by atoms with Gasteiger partial charge in [-0.15, -0.1) is 0 Å². The molecule has 1 aromatic carbocycles. The Kier molecular flexibility index (Phi) is 6.43. The van der Waals surface area contributed by atoms with E-state index >= 15 is 0 Å². The van der Waals surface area contributed by atoms with Crippen LogP contribution in [0.2, 0.25) is 0 Å². The van der Waals surface area contributed by atoms with Gasteiger partial charge in [0.25, 0.3) is 0 Å². The van der Waals surface area contributed by atoms with E-state index in [4.69, 9.17) is 9.47 Å². The number of benzene rings is 1. The summed E-state index contributed by atoms with van der Waals surface area (Å²) in [6.07, 6.45) is 1.99. The minimum Gasteiger partial charge on any atom is -0.486 e. The van der Waals surface area contributed by atoms with E-state index in [1.165, 1.54) is 0 Å². The van der Waals surface area contributed by atoms with Crippen LogP contribution in [0.25, 0.3) is 0 Å². The van der Waals surface area contributed by atoms with Crippen molar-refractivity contribution in [1.29, 1.82) is 0 Å². The number of carbonyl (C=O) groups is 2. The molecule has 9 nitrogen and oxygen atoms in total. The van der Waals surface area contributed by atoms with Crippen LogP contribution >= 0.6 is 0 Å². The Morgan fingerprint density at radius 3 is 2.45 bits per heavy atom. The average molecular weight is 428 g/mol. The lowest BCUT2D eigenvalue weighted by atomic mass is 10.1.